The molecule has 0 saturated heterocycles. The highest BCUT2D eigenvalue weighted by molar-refractivity contribution is 4.27. The first-order chi connectivity index (χ1) is 4.83. The zero-order valence-electron chi connectivity index (χ0n) is 8.04. The minimum absolute atomic E-state index is 1.09. The molecule has 0 aromatic heterocycles. The second kappa shape index (κ2) is 16.0. The van der Waals surface area contributed by atoms with Crippen molar-refractivity contribution in [3.63, 3.8) is 0 Å². The molecule has 0 aliphatic carbocycles. The zero-order valence-corrected chi connectivity index (χ0v) is 8.04. The lowest BCUT2D eigenvalue weighted by Crippen LogP contribution is -2.09. The third kappa shape index (κ3) is 24.6. The summed E-state index contributed by atoms with van der Waals surface area (Å²) in [6, 6.07) is 0. The topological polar surface area (TPSA) is 12.0 Å². The van der Waals surface area contributed by atoms with Crippen molar-refractivity contribution in [2.75, 3.05) is 13.1 Å². The van der Waals surface area contributed by atoms with E-state index in [4.69, 9.17) is 0 Å². The van der Waals surface area contributed by atoms with Crippen molar-refractivity contribution in [2.45, 2.75) is 47.0 Å². The predicted molar refractivity (Wildman–Crippen MR) is 49.4 cm³/mol. The summed E-state index contributed by atoms with van der Waals surface area (Å²) in [7, 11) is 0. The van der Waals surface area contributed by atoms with Gasteiger partial charge in [0.2, 0.25) is 0 Å². The Morgan fingerprint density at radius 2 is 1.20 bits per heavy atom. The third-order valence-corrected chi connectivity index (χ3v) is 1.21. The van der Waals surface area contributed by atoms with Crippen molar-refractivity contribution in [2.24, 2.45) is 0 Å². The van der Waals surface area contributed by atoms with Gasteiger partial charge in [0.25, 0.3) is 0 Å². The van der Waals surface area contributed by atoms with E-state index >= 15 is 0 Å². The van der Waals surface area contributed by atoms with Crippen LogP contribution in [0.3, 0.4) is 0 Å². The van der Waals surface area contributed by atoms with Crippen LogP contribution >= 0.6 is 0 Å². The normalized spacial score (nSPS) is 8.40. The Morgan fingerprint density at radius 1 is 0.800 bits per heavy atom. The quantitative estimate of drug-likeness (QED) is 0.641. The van der Waals surface area contributed by atoms with Gasteiger partial charge < -0.3 is 5.32 Å². The molecule has 0 fully saturated rings. The van der Waals surface area contributed by atoms with E-state index in [0.717, 1.165) is 13.1 Å². The molecule has 1 nitrogen and oxygen atoms in total. The van der Waals surface area contributed by atoms with Gasteiger partial charge in [-0.05, 0) is 13.1 Å². The summed E-state index contributed by atoms with van der Waals surface area (Å²) in [5.41, 5.74) is 0. The van der Waals surface area contributed by atoms with Crippen LogP contribution in [0, 0.1) is 0 Å². The predicted octanol–water partition coefficient (Wildman–Crippen LogP) is 2.81. The van der Waals surface area contributed by atoms with E-state index in [0.29, 0.717) is 0 Å². The van der Waals surface area contributed by atoms with Crippen molar-refractivity contribution < 1.29 is 0 Å². The monoisotopic (exact) mass is 145 g/mol. The number of unbranched alkanes of at least 4 members (excludes halogenated alkanes) is 2. The number of rotatable bonds is 4. The molecular formula is C9H23N. The molecule has 0 amide bonds. The number of hydrogen-bond donors (Lipinski definition) is 1. The van der Waals surface area contributed by atoms with Gasteiger partial charge in [-0.2, -0.15) is 0 Å². The van der Waals surface area contributed by atoms with Crippen molar-refractivity contribution in [1.29, 1.82) is 0 Å². The maximum absolute atomic E-state index is 3.11. The molecule has 1 N–H and O–H groups in total. The van der Waals surface area contributed by atoms with Gasteiger partial charge in [-0.15, -0.1) is 0 Å². The van der Waals surface area contributed by atoms with Crippen molar-refractivity contribution in [3.05, 3.63) is 0 Å². The van der Waals surface area contributed by atoms with Crippen LogP contribution in [0.1, 0.15) is 47.0 Å². The van der Waals surface area contributed by atoms with E-state index in [2.05, 4.69) is 33.0 Å². The van der Waals surface area contributed by atoms with Gasteiger partial charge in [-0.1, -0.05) is 47.0 Å². The molecule has 0 rings (SSSR count). The van der Waals surface area contributed by atoms with E-state index in [1.807, 2.05) is 0 Å². The maximum Gasteiger partial charge on any atom is -0.00775 e. The van der Waals surface area contributed by atoms with Crippen LogP contribution in [0.25, 0.3) is 0 Å². The molecule has 0 saturated carbocycles. The molecule has 64 valence electrons. The summed E-state index contributed by atoms with van der Waals surface area (Å²) in [5, 5.41) is 3.11. The first-order valence-electron chi connectivity index (χ1n) is 4.54. The van der Waals surface area contributed by atoms with Gasteiger partial charge in [-0.3, -0.25) is 0 Å². The molecule has 1 heteroatoms. The Labute approximate surface area is 66.2 Å². The van der Waals surface area contributed by atoms with Crippen LogP contribution < -0.4 is 5.32 Å². The lowest BCUT2D eigenvalue weighted by molar-refractivity contribution is 0.762. The number of hydrogen-bond acceptors (Lipinski definition) is 1. The number of nitrogens with one attached hydrogen (secondary N) is 1. The van der Waals surface area contributed by atoms with Crippen molar-refractivity contribution >= 4 is 0 Å². The van der Waals surface area contributed by atoms with Crippen LogP contribution in [0.5, 0.6) is 0 Å². The standard InChI is InChI=1S/C5H12.C4H11N/c2*1-3-5-4-2/h3-5H2,1-2H3;5H,3-4H2,1-2H3. The lowest BCUT2D eigenvalue weighted by Gasteiger charge is -1.86. The molecule has 0 aromatic carbocycles. The van der Waals surface area contributed by atoms with E-state index in [9.17, 15) is 0 Å². The minimum atomic E-state index is 1.09. The lowest BCUT2D eigenvalue weighted by atomic mass is 10.3. The van der Waals surface area contributed by atoms with E-state index in [-0.39, 0.29) is 0 Å². The first-order valence-corrected chi connectivity index (χ1v) is 4.54. The largest absolute Gasteiger partial charge is 0.317 e. The van der Waals surface area contributed by atoms with Crippen LogP contribution in [0.4, 0.5) is 0 Å². The molecule has 0 spiro atoms. The van der Waals surface area contributed by atoms with Crippen LogP contribution in [0.2, 0.25) is 0 Å². The fraction of sp³-hybridized carbons (Fsp3) is 1.00. The Kier molecular flexibility index (Phi) is 20.2. The van der Waals surface area contributed by atoms with Gasteiger partial charge >= 0.3 is 0 Å². The summed E-state index contributed by atoms with van der Waals surface area (Å²) in [6.07, 6.45) is 4.08. The van der Waals surface area contributed by atoms with Crippen LogP contribution in [-0.4, -0.2) is 13.1 Å². The summed E-state index contributed by atoms with van der Waals surface area (Å²) in [4.78, 5) is 0. The Bertz CT molecular complexity index is 25.7. The summed E-state index contributed by atoms with van der Waals surface area (Å²) >= 11 is 0. The molecule has 10 heavy (non-hydrogen) atoms. The average Bonchev–Trinajstić information content (AvgIpc) is 1.93. The summed E-state index contributed by atoms with van der Waals surface area (Å²) in [6.45, 7) is 10.8. The molecule has 0 aliphatic rings. The fourth-order valence-electron chi connectivity index (χ4n) is 0.604. The molecular weight excluding hydrogens is 122 g/mol. The maximum atomic E-state index is 3.11. The Morgan fingerprint density at radius 3 is 1.20 bits per heavy atom. The van der Waals surface area contributed by atoms with Crippen molar-refractivity contribution in [3.8, 4) is 0 Å². The second-order valence-corrected chi connectivity index (χ2v) is 2.31. The van der Waals surface area contributed by atoms with Gasteiger partial charge in [0.1, 0.15) is 0 Å². The highest BCUT2D eigenvalue weighted by Crippen LogP contribution is 1.88. The van der Waals surface area contributed by atoms with Gasteiger partial charge in [0, 0.05) is 0 Å². The summed E-state index contributed by atoms with van der Waals surface area (Å²) in [5.74, 6) is 0. The highest BCUT2D eigenvalue weighted by atomic mass is 14.8. The van der Waals surface area contributed by atoms with Gasteiger partial charge in [0.15, 0.2) is 0 Å². The molecule has 0 aromatic rings. The van der Waals surface area contributed by atoms with E-state index in [1.54, 1.807) is 0 Å². The third-order valence-electron chi connectivity index (χ3n) is 1.21. The fourth-order valence-corrected chi connectivity index (χ4v) is 0.604. The minimum Gasteiger partial charge on any atom is -0.317 e. The van der Waals surface area contributed by atoms with E-state index in [1.165, 1.54) is 19.3 Å². The van der Waals surface area contributed by atoms with Crippen LogP contribution in [0.15, 0.2) is 0 Å². The molecule has 0 radical (unpaired) electrons. The first kappa shape index (κ1) is 12.6. The second-order valence-electron chi connectivity index (χ2n) is 2.31. The Hall–Kier alpha value is -0.0400. The van der Waals surface area contributed by atoms with Crippen molar-refractivity contribution in [1.82, 2.24) is 5.32 Å². The highest BCUT2D eigenvalue weighted by Gasteiger charge is 1.68. The molecule has 0 unspecified atom stereocenters. The van der Waals surface area contributed by atoms with Gasteiger partial charge in [-0.25, -0.2) is 0 Å². The molecule has 0 bridgehead atoms. The van der Waals surface area contributed by atoms with E-state index < -0.39 is 0 Å². The average molecular weight is 145 g/mol. The Balaban J connectivity index is 0. The zero-order chi connectivity index (χ0) is 8.24. The van der Waals surface area contributed by atoms with Crippen LogP contribution in [-0.2, 0) is 0 Å². The SMILES string of the molecule is CCCCC.CCNCC. The molecule has 0 atom stereocenters. The van der Waals surface area contributed by atoms with Gasteiger partial charge in [0.05, 0.1) is 0 Å². The smallest absolute Gasteiger partial charge is 0.00775 e. The molecule has 0 heterocycles. The molecule has 0 aliphatic heterocycles. The summed E-state index contributed by atoms with van der Waals surface area (Å²) < 4.78 is 0.